The van der Waals surface area contributed by atoms with Gasteiger partial charge in [0.15, 0.2) is 0 Å². The molecule has 0 radical (unpaired) electrons. The van der Waals surface area contributed by atoms with Crippen molar-refractivity contribution in [3.8, 4) is 0 Å². The van der Waals surface area contributed by atoms with Gasteiger partial charge in [-0.05, 0) is 18.9 Å². The summed E-state index contributed by atoms with van der Waals surface area (Å²) in [4.78, 5) is 20.9. The molecule has 0 fully saturated rings. The summed E-state index contributed by atoms with van der Waals surface area (Å²) >= 11 is 0. The standard InChI is InChI=1S/C8H15NO.C4H7NO/c1-4-6-7(5-2)8(10)9-3;1-3-4(6)5-2/h6H,4-5H2,1-3H3,(H,9,10);3H,1H2,2H3,(H,5,6). The Balaban J connectivity index is 0. The zero-order valence-electron chi connectivity index (χ0n) is 10.6. The van der Waals surface area contributed by atoms with Gasteiger partial charge in [-0.25, -0.2) is 0 Å². The summed E-state index contributed by atoms with van der Waals surface area (Å²) in [6, 6.07) is 0. The molecule has 0 aliphatic heterocycles. The summed E-state index contributed by atoms with van der Waals surface area (Å²) < 4.78 is 0. The van der Waals surface area contributed by atoms with Crippen LogP contribution in [0, 0.1) is 0 Å². The van der Waals surface area contributed by atoms with Crippen molar-refractivity contribution in [1.82, 2.24) is 10.6 Å². The lowest BCUT2D eigenvalue weighted by Gasteiger charge is -2.00. The first-order valence-electron chi connectivity index (χ1n) is 5.32. The minimum absolute atomic E-state index is 0.0457. The maximum Gasteiger partial charge on any atom is 0.246 e. The van der Waals surface area contributed by atoms with E-state index in [0.717, 1.165) is 18.4 Å². The number of allylic oxidation sites excluding steroid dienone is 1. The highest BCUT2D eigenvalue weighted by atomic mass is 16.2. The summed E-state index contributed by atoms with van der Waals surface area (Å²) in [5.74, 6) is -0.0978. The Labute approximate surface area is 97.8 Å². The van der Waals surface area contributed by atoms with Crippen LogP contribution >= 0.6 is 0 Å². The van der Waals surface area contributed by atoms with Crippen molar-refractivity contribution in [1.29, 1.82) is 0 Å². The van der Waals surface area contributed by atoms with E-state index in [1.165, 1.54) is 6.08 Å². The molecule has 0 spiro atoms. The highest BCUT2D eigenvalue weighted by Crippen LogP contribution is 2.00. The van der Waals surface area contributed by atoms with Gasteiger partial charge in [-0.15, -0.1) is 0 Å². The van der Waals surface area contributed by atoms with Crippen molar-refractivity contribution in [2.24, 2.45) is 0 Å². The van der Waals surface area contributed by atoms with Crippen molar-refractivity contribution < 1.29 is 9.59 Å². The molecule has 0 saturated heterocycles. The van der Waals surface area contributed by atoms with Crippen LogP contribution in [-0.4, -0.2) is 25.9 Å². The molecule has 16 heavy (non-hydrogen) atoms. The number of likely N-dealkylation sites (N-methyl/N-ethyl adjacent to an activating group) is 2. The molecule has 0 aromatic rings. The molecule has 2 amide bonds. The Morgan fingerprint density at radius 2 is 1.75 bits per heavy atom. The van der Waals surface area contributed by atoms with Gasteiger partial charge < -0.3 is 10.6 Å². The highest BCUT2D eigenvalue weighted by Gasteiger charge is 2.01. The maximum atomic E-state index is 11.0. The second-order valence-corrected chi connectivity index (χ2v) is 2.89. The molecule has 0 unspecified atom stereocenters. The van der Waals surface area contributed by atoms with Crippen LogP contribution in [0.1, 0.15) is 26.7 Å². The van der Waals surface area contributed by atoms with E-state index in [-0.39, 0.29) is 11.8 Å². The fourth-order valence-electron chi connectivity index (χ4n) is 0.907. The van der Waals surface area contributed by atoms with Gasteiger partial charge in [-0.1, -0.05) is 26.5 Å². The Morgan fingerprint density at radius 3 is 1.94 bits per heavy atom. The van der Waals surface area contributed by atoms with E-state index in [1.54, 1.807) is 14.1 Å². The van der Waals surface area contributed by atoms with Gasteiger partial charge in [-0.3, -0.25) is 9.59 Å². The van der Waals surface area contributed by atoms with Crippen molar-refractivity contribution in [2.75, 3.05) is 14.1 Å². The molecule has 0 saturated carbocycles. The first-order chi connectivity index (χ1) is 7.56. The fourth-order valence-corrected chi connectivity index (χ4v) is 0.907. The molecular formula is C12H22N2O2. The molecule has 0 heterocycles. The van der Waals surface area contributed by atoms with E-state index < -0.39 is 0 Å². The van der Waals surface area contributed by atoms with Gasteiger partial charge in [0.25, 0.3) is 0 Å². The Hall–Kier alpha value is -1.58. The number of nitrogens with one attached hydrogen (secondary N) is 2. The number of amides is 2. The summed E-state index contributed by atoms with van der Waals surface area (Å²) in [7, 11) is 3.21. The predicted octanol–water partition coefficient (Wildman–Crippen LogP) is 1.40. The Bertz CT molecular complexity index is 258. The third-order valence-electron chi connectivity index (χ3n) is 1.78. The van der Waals surface area contributed by atoms with Crippen LogP contribution in [0.25, 0.3) is 0 Å². The van der Waals surface area contributed by atoms with Gasteiger partial charge in [0.05, 0.1) is 0 Å². The maximum absolute atomic E-state index is 11.0. The van der Waals surface area contributed by atoms with Gasteiger partial charge in [0.1, 0.15) is 0 Å². The van der Waals surface area contributed by atoms with E-state index in [2.05, 4.69) is 17.2 Å². The van der Waals surface area contributed by atoms with Crippen LogP contribution in [-0.2, 0) is 9.59 Å². The summed E-state index contributed by atoms with van der Waals surface area (Å²) in [5.41, 5.74) is 0.880. The highest BCUT2D eigenvalue weighted by molar-refractivity contribution is 5.92. The van der Waals surface area contributed by atoms with Gasteiger partial charge in [0, 0.05) is 19.7 Å². The van der Waals surface area contributed by atoms with E-state index >= 15 is 0 Å². The molecule has 0 aliphatic rings. The number of carbonyl (C=O) groups is 2. The van der Waals surface area contributed by atoms with E-state index in [1.807, 2.05) is 19.9 Å². The smallest absolute Gasteiger partial charge is 0.246 e. The first-order valence-corrected chi connectivity index (χ1v) is 5.32. The van der Waals surface area contributed by atoms with Gasteiger partial charge in [0.2, 0.25) is 11.8 Å². The third-order valence-corrected chi connectivity index (χ3v) is 1.78. The number of carbonyl (C=O) groups excluding carboxylic acids is 2. The Kier molecular flexibility index (Phi) is 12.1. The summed E-state index contributed by atoms with van der Waals surface area (Å²) in [5, 5.41) is 4.95. The topological polar surface area (TPSA) is 58.2 Å². The SMILES string of the molecule is C=CC(=O)NC.CCC=C(CC)C(=O)NC. The van der Waals surface area contributed by atoms with Gasteiger partial charge >= 0.3 is 0 Å². The third kappa shape index (κ3) is 8.99. The van der Waals surface area contributed by atoms with Crippen molar-refractivity contribution in [3.63, 3.8) is 0 Å². The zero-order chi connectivity index (χ0) is 13.0. The van der Waals surface area contributed by atoms with E-state index in [9.17, 15) is 9.59 Å². The van der Waals surface area contributed by atoms with Crippen LogP contribution in [0.3, 0.4) is 0 Å². The Morgan fingerprint density at radius 1 is 1.19 bits per heavy atom. The van der Waals surface area contributed by atoms with E-state index in [0.29, 0.717) is 0 Å². The molecule has 4 heteroatoms. The zero-order valence-corrected chi connectivity index (χ0v) is 10.6. The first kappa shape index (κ1) is 16.8. The normalized spacial score (nSPS) is 9.62. The van der Waals surface area contributed by atoms with Crippen molar-refractivity contribution in [2.45, 2.75) is 26.7 Å². The lowest BCUT2D eigenvalue weighted by Crippen LogP contribution is -2.19. The molecule has 0 aliphatic carbocycles. The summed E-state index contributed by atoms with van der Waals surface area (Å²) in [6.45, 7) is 7.23. The molecule has 0 atom stereocenters. The predicted molar refractivity (Wildman–Crippen MR) is 67.0 cm³/mol. The average molecular weight is 226 g/mol. The van der Waals surface area contributed by atoms with Crippen LogP contribution in [0.2, 0.25) is 0 Å². The quantitative estimate of drug-likeness (QED) is 0.712. The molecule has 0 bridgehead atoms. The average Bonchev–Trinajstić information content (AvgIpc) is 2.34. The molecular weight excluding hydrogens is 204 g/mol. The van der Waals surface area contributed by atoms with Crippen LogP contribution in [0.4, 0.5) is 0 Å². The summed E-state index contributed by atoms with van der Waals surface area (Å²) in [6.07, 6.45) is 4.92. The lowest BCUT2D eigenvalue weighted by atomic mass is 10.1. The monoisotopic (exact) mass is 226 g/mol. The van der Waals surface area contributed by atoms with Crippen molar-refractivity contribution >= 4 is 11.8 Å². The van der Waals surface area contributed by atoms with Crippen LogP contribution in [0.5, 0.6) is 0 Å². The molecule has 0 aromatic heterocycles. The minimum atomic E-state index is -0.144. The molecule has 0 aromatic carbocycles. The lowest BCUT2D eigenvalue weighted by molar-refractivity contribution is -0.117. The molecule has 0 rings (SSSR count). The molecule has 4 nitrogen and oxygen atoms in total. The molecule has 92 valence electrons. The number of rotatable bonds is 4. The van der Waals surface area contributed by atoms with Crippen LogP contribution in [0.15, 0.2) is 24.3 Å². The number of hydrogen-bond donors (Lipinski definition) is 2. The largest absolute Gasteiger partial charge is 0.356 e. The van der Waals surface area contributed by atoms with Gasteiger partial charge in [-0.2, -0.15) is 0 Å². The van der Waals surface area contributed by atoms with Crippen LogP contribution < -0.4 is 10.6 Å². The number of hydrogen-bond acceptors (Lipinski definition) is 2. The van der Waals surface area contributed by atoms with E-state index in [4.69, 9.17) is 0 Å². The molecule has 2 N–H and O–H groups in total. The van der Waals surface area contributed by atoms with Crippen molar-refractivity contribution in [3.05, 3.63) is 24.3 Å². The minimum Gasteiger partial charge on any atom is -0.356 e. The second kappa shape index (κ2) is 11.5. The second-order valence-electron chi connectivity index (χ2n) is 2.89. The fraction of sp³-hybridized carbons (Fsp3) is 0.500.